The molecule has 0 fully saturated rings. The van der Waals surface area contributed by atoms with Crippen molar-refractivity contribution in [2.75, 3.05) is 26.0 Å². The lowest BCUT2D eigenvalue weighted by atomic mass is 10.1. The van der Waals surface area contributed by atoms with Gasteiger partial charge in [0.1, 0.15) is 6.04 Å². The van der Waals surface area contributed by atoms with E-state index in [1.807, 2.05) is 36.0 Å². The molecule has 114 valence electrons. The number of anilines is 1. The van der Waals surface area contributed by atoms with Crippen LogP contribution in [0.1, 0.15) is 25.8 Å². The predicted molar refractivity (Wildman–Crippen MR) is 85.7 cm³/mol. The average molecular weight is 307 g/mol. The zero-order chi connectivity index (χ0) is 15.4. The molecule has 0 aliphatic rings. The zero-order valence-electron chi connectivity index (χ0n) is 12.8. The second-order valence-corrected chi connectivity index (χ2v) is 5.99. The summed E-state index contributed by atoms with van der Waals surface area (Å²) in [5.41, 5.74) is 0. The number of hydrogen-bond donors (Lipinski definition) is 1. The van der Waals surface area contributed by atoms with Crippen LogP contribution >= 0.6 is 11.3 Å². The Hall–Kier alpha value is -1.89. The third-order valence-corrected chi connectivity index (χ3v) is 4.37. The Morgan fingerprint density at radius 2 is 2.24 bits per heavy atom. The first-order valence-electron chi connectivity index (χ1n) is 6.96. The molecule has 6 nitrogen and oxygen atoms in total. The molecule has 0 bridgehead atoms. The quantitative estimate of drug-likeness (QED) is 0.888. The van der Waals surface area contributed by atoms with Crippen molar-refractivity contribution in [2.24, 2.45) is 0 Å². The Balaban J connectivity index is 2.37. The van der Waals surface area contributed by atoms with Gasteiger partial charge in [-0.15, -0.1) is 0 Å². The minimum Gasteiger partial charge on any atom is -0.357 e. The van der Waals surface area contributed by atoms with Crippen LogP contribution in [0.25, 0.3) is 10.7 Å². The molecule has 2 aromatic rings. The van der Waals surface area contributed by atoms with Crippen molar-refractivity contribution in [1.29, 1.82) is 0 Å². The molecule has 0 aliphatic carbocycles. The first kappa shape index (κ1) is 15.5. The second-order valence-electron chi connectivity index (χ2n) is 4.98. The standard InChI is InChI=1S/C14H21N5OS/c1-5-6-10(13(20)15-2)19-8-7-16-12(19)11-9-17-14(21-11)18(3)4/h7-10H,5-6H2,1-4H3,(H,15,20)/t10-/m1/s1. The lowest BCUT2D eigenvalue weighted by Gasteiger charge is -2.18. The van der Waals surface area contributed by atoms with Gasteiger partial charge in [0.25, 0.3) is 0 Å². The Bertz CT molecular complexity index is 604. The number of nitrogens with one attached hydrogen (secondary N) is 1. The molecule has 7 heteroatoms. The number of rotatable bonds is 6. The first-order valence-corrected chi connectivity index (χ1v) is 7.78. The highest BCUT2D eigenvalue weighted by atomic mass is 32.1. The molecule has 0 aliphatic heterocycles. The number of nitrogens with zero attached hydrogens (tertiary/aromatic N) is 4. The summed E-state index contributed by atoms with van der Waals surface area (Å²) in [5.74, 6) is 0.802. The number of hydrogen-bond acceptors (Lipinski definition) is 5. The fraction of sp³-hybridized carbons (Fsp3) is 0.500. The first-order chi connectivity index (χ1) is 10.1. The summed E-state index contributed by atoms with van der Waals surface area (Å²) in [7, 11) is 5.58. The maximum Gasteiger partial charge on any atom is 0.242 e. The van der Waals surface area contributed by atoms with Crippen LogP contribution in [0.3, 0.4) is 0 Å². The number of carbonyl (C=O) groups excluding carboxylic acids is 1. The average Bonchev–Trinajstić information content (AvgIpc) is 3.11. The van der Waals surface area contributed by atoms with Gasteiger partial charge in [0.2, 0.25) is 5.91 Å². The molecule has 0 saturated heterocycles. The number of carbonyl (C=O) groups is 1. The molecule has 0 saturated carbocycles. The van der Waals surface area contributed by atoms with Crippen LogP contribution in [0, 0.1) is 0 Å². The normalized spacial score (nSPS) is 12.2. The summed E-state index contributed by atoms with van der Waals surface area (Å²) in [4.78, 5) is 23.8. The fourth-order valence-electron chi connectivity index (χ4n) is 2.17. The van der Waals surface area contributed by atoms with Crippen LogP contribution in [0.15, 0.2) is 18.6 Å². The Labute approximate surface area is 128 Å². The number of amides is 1. The molecule has 1 amide bonds. The van der Waals surface area contributed by atoms with Gasteiger partial charge in [-0.05, 0) is 6.42 Å². The third-order valence-electron chi connectivity index (χ3n) is 3.21. The topological polar surface area (TPSA) is 63.1 Å². The van der Waals surface area contributed by atoms with Crippen molar-refractivity contribution in [3.05, 3.63) is 18.6 Å². The molecule has 0 aromatic carbocycles. The molecule has 1 N–H and O–H groups in total. The van der Waals surface area contributed by atoms with Crippen molar-refractivity contribution in [3.8, 4) is 10.7 Å². The molecular formula is C14H21N5OS. The van der Waals surface area contributed by atoms with Crippen LogP contribution in [0.4, 0.5) is 5.13 Å². The molecular weight excluding hydrogens is 286 g/mol. The predicted octanol–water partition coefficient (Wildman–Crippen LogP) is 2.16. The van der Waals surface area contributed by atoms with Gasteiger partial charge >= 0.3 is 0 Å². The van der Waals surface area contributed by atoms with Gasteiger partial charge in [-0.25, -0.2) is 9.97 Å². The summed E-state index contributed by atoms with van der Waals surface area (Å²) in [6.45, 7) is 2.07. The van der Waals surface area contributed by atoms with Crippen LogP contribution in [0.5, 0.6) is 0 Å². The smallest absolute Gasteiger partial charge is 0.242 e. The highest BCUT2D eigenvalue weighted by Crippen LogP contribution is 2.31. The van der Waals surface area contributed by atoms with E-state index in [0.717, 1.165) is 28.7 Å². The maximum atomic E-state index is 12.1. The molecule has 1 atom stereocenters. The van der Waals surface area contributed by atoms with Crippen molar-refractivity contribution in [1.82, 2.24) is 19.9 Å². The number of aromatic nitrogens is 3. The molecule has 2 heterocycles. The van der Waals surface area contributed by atoms with Gasteiger partial charge in [-0.1, -0.05) is 24.7 Å². The van der Waals surface area contributed by atoms with E-state index in [9.17, 15) is 4.79 Å². The van der Waals surface area contributed by atoms with E-state index in [1.54, 1.807) is 24.6 Å². The fourth-order valence-corrected chi connectivity index (χ4v) is 3.01. The lowest BCUT2D eigenvalue weighted by Crippen LogP contribution is -2.29. The van der Waals surface area contributed by atoms with Crippen molar-refractivity contribution in [2.45, 2.75) is 25.8 Å². The van der Waals surface area contributed by atoms with Crippen LogP contribution in [0.2, 0.25) is 0 Å². The molecule has 2 rings (SSSR count). The number of likely N-dealkylation sites (N-methyl/N-ethyl adjacent to an activating group) is 1. The minimum atomic E-state index is -0.234. The van der Waals surface area contributed by atoms with Gasteiger partial charge in [-0.2, -0.15) is 0 Å². The summed E-state index contributed by atoms with van der Waals surface area (Å²) in [5, 5.41) is 3.65. The van der Waals surface area contributed by atoms with Crippen molar-refractivity contribution < 1.29 is 4.79 Å². The van der Waals surface area contributed by atoms with Gasteiger partial charge in [0, 0.05) is 33.5 Å². The van der Waals surface area contributed by atoms with Crippen molar-refractivity contribution in [3.63, 3.8) is 0 Å². The van der Waals surface area contributed by atoms with E-state index in [0.29, 0.717) is 0 Å². The third kappa shape index (κ3) is 3.24. The Kier molecular flexibility index (Phi) is 4.95. The van der Waals surface area contributed by atoms with Gasteiger partial charge in [0.15, 0.2) is 11.0 Å². The van der Waals surface area contributed by atoms with E-state index in [-0.39, 0.29) is 11.9 Å². The lowest BCUT2D eigenvalue weighted by molar-refractivity contribution is -0.124. The van der Waals surface area contributed by atoms with Gasteiger partial charge in [0.05, 0.1) is 11.1 Å². The van der Waals surface area contributed by atoms with E-state index in [1.165, 1.54) is 0 Å². The SMILES string of the molecule is CCC[C@H](C(=O)NC)n1ccnc1-c1cnc(N(C)C)s1. The van der Waals surface area contributed by atoms with Crippen LogP contribution < -0.4 is 10.2 Å². The summed E-state index contributed by atoms with van der Waals surface area (Å²) >= 11 is 1.57. The zero-order valence-corrected chi connectivity index (χ0v) is 13.6. The van der Waals surface area contributed by atoms with E-state index < -0.39 is 0 Å². The summed E-state index contributed by atoms with van der Waals surface area (Å²) in [6, 6.07) is -0.234. The van der Waals surface area contributed by atoms with E-state index >= 15 is 0 Å². The highest BCUT2D eigenvalue weighted by molar-refractivity contribution is 7.18. The molecule has 2 aromatic heterocycles. The molecule has 0 radical (unpaired) electrons. The maximum absolute atomic E-state index is 12.1. The van der Waals surface area contributed by atoms with E-state index in [4.69, 9.17) is 0 Å². The summed E-state index contributed by atoms with van der Waals surface area (Å²) in [6.07, 6.45) is 7.12. The van der Waals surface area contributed by atoms with Crippen LogP contribution in [-0.2, 0) is 4.79 Å². The number of imidazole rings is 1. The second kappa shape index (κ2) is 6.71. The van der Waals surface area contributed by atoms with Gasteiger partial charge in [-0.3, -0.25) is 4.79 Å². The molecule has 0 unspecified atom stereocenters. The monoisotopic (exact) mass is 307 g/mol. The van der Waals surface area contributed by atoms with Crippen molar-refractivity contribution >= 4 is 22.4 Å². The van der Waals surface area contributed by atoms with Gasteiger partial charge < -0.3 is 14.8 Å². The Morgan fingerprint density at radius 1 is 1.48 bits per heavy atom. The van der Waals surface area contributed by atoms with Crippen LogP contribution in [-0.4, -0.2) is 41.6 Å². The Morgan fingerprint density at radius 3 is 2.81 bits per heavy atom. The largest absolute Gasteiger partial charge is 0.357 e. The van der Waals surface area contributed by atoms with E-state index in [2.05, 4.69) is 22.2 Å². The summed E-state index contributed by atoms with van der Waals surface area (Å²) < 4.78 is 1.94. The molecule has 21 heavy (non-hydrogen) atoms. The molecule has 0 spiro atoms. The highest BCUT2D eigenvalue weighted by Gasteiger charge is 2.22. The number of thiazole rings is 1. The minimum absolute atomic E-state index is 0.00782.